The van der Waals surface area contributed by atoms with Gasteiger partial charge in [0, 0.05) is 25.4 Å². The number of hydrogen-bond acceptors (Lipinski definition) is 4. The lowest BCUT2D eigenvalue weighted by molar-refractivity contribution is 0.0940. The van der Waals surface area contributed by atoms with E-state index < -0.39 is 5.82 Å². The fourth-order valence-corrected chi connectivity index (χ4v) is 2.49. The summed E-state index contributed by atoms with van der Waals surface area (Å²) in [7, 11) is 0. The van der Waals surface area contributed by atoms with Crippen LogP contribution < -0.4 is 5.32 Å². The summed E-state index contributed by atoms with van der Waals surface area (Å²) in [5, 5.41) is 16.8. The number of nitrogens with one attached hydrogen (secondary N) is 1. The second-order valence-corrected chi connectivity index (χ2v) is 5.26. The molecule has 0 saturated carbocycles. The van der Waals surface area contributed by atoms with Crippen LogP contribution in [0.15, 0.2) is 30.6 Å². The molecule has 21 heavy (non-hydrogen) atoms. The van der Waals surface area contributed by atoms with Gasteiger partial charge in [0.15, 0.2) is 0 Å². The van der Waals surface area contributed by atoms with Crippen molar-refractivity contribution in [3.05, 3.63) is 42.0 Å². The molecule has 0 amide bonds. The van der Waals surface area contributed by atoms with Crippen molar-refractivity contribution in [1.29, 1.82) is 0 Å². The lowest BCUT2D eigenvalue weighted by atomic mass is 10.2. The number of aromatic nitrogens is 2. The SMILES string of the molecule is Oc1cc(F)cc(CNc2cnn(CC3CCCO3)c2)c1. The summed E-state index contributed by atoms with van der Waals surface area (Å²) in [6.07, 6.45) is 6.07. The number of phenols is 1. The number of hydrogen-bond donors (Lipinski definition) is 2. The van der Waals surface area contributed by atoms with Crippen LogP contribution in [0.1, 0.15) is 18.4 Å². The van der Waals surface area contributed by atoms with Gasteiger partial charge in [-0.15, -0.1) is 0 Å². The van der Waals surface area contributed by atoms with Crippen molar-refractivity contribution in [2.75, 3.05) is 11.9 Å². The Morgan fingerprint density at radius 3 is 3.10 bits per heavy atom. The van der Waals surface area contributed by atoms with Gasteiger partial charge >= 0.3 is 0 Å². The molecule has 112 valence electrons. The molecule has 0 bridgehead atoms. The van der Waals surface area contributed by atoms with E-state index in [-0.39, 0.29) is 11.9 Å². The van der Waals surface area contributed by atoms with Crippen LogP contribution in [0, 0.1) is 5.82 Å². The molecule has 1 aliphatic rings. The Kier molecular flexibility index (Phi) is 4.06. The van der Waals surface area contributed by atoms with Crippen LogP contribution in [0.25, 0.3) is 0 Å². The van der Waals surface area contributed by atoms with E-state index in [1.165, 1.54) is 12.1 Å². The summed E-state index contributed by atoms with van der Waals surface area (Å²) in [6, 6.07) is 4.01. The molecule has 1 aromatic carbocycles. The number of aromatic hydroxyl groups is 1. The van der Waals surface area contributed by atoms with Crippen molar-refractivity contribution in [2.24, 2.45) is 0 Å². The zero-order valence-corrected chi connectivity index (χ0v) is 11.6. The van der Waals surface area contributed by atoms with E-state index in [9.17, 15) is 9.50 Å². The maximum Gasteiger partial charge on any atom is 0.127 e. The van der Waals surface area contributed by atoms with E-state index in [0.29, 0.717) is 12.1 Å². The van der Waals surface area contributed by atoms with Gasteiger partial charge in [-0.05, 0) is 30.5 Å². The third kappa shape index (κ3) is 3.72. The van der Waals surface area contributed by atoms with Crippen molar-refractivity contribution < 1.29 is 14.2 Å². The van der Waals surface area contributed by atoms with Crippen molar-refractivity contribution in [3.8, 4) is 5.75 Å². The predicted octanol–water partition coefficient (Wildman–Crippen LogP) is 2.52. The maximum absolute atomic E-state index is 13.2. The Morgan fingerprint density at radius 1 is 1.43 bits per heavy atom. The molecule has 5 nitrogen and oxygen atoms in total. The van der Waals surface area contributed by atoms with Crippen molar-refractivity contribution in [1.82, 2.24) is 9.78 Å². The largest absolute Gasteiger partial charge is 0.508 e. The third-order valence-electron chi connectivity index (χ3n) is 3.49. The highest BCUT2D eigenvalue weighted by Crippen LogP contribution is 2.17. The van der Waals surface area contributed by atoms with Crippen molar-refractivity contribution in [2.45, 2.75) is 32.0 Å². The lowest BCUT2D eigenvalue weighted by Gasteiger charge is -2.08. The summed E-state index contributed by atoms with van der Waals surface area (Å²) in [6.45, 7) is 2.01. The molecule has 6 heteroatoms. The number of phenolic OH excluding ortho intramolecular Hbond substituents is 1. The minimum Gasteiger partial charge on any atom is -0.508 e. The number of anilines is 1. The Balaban J connectivity index is 1.56. The molecule has 1 atom stereocenters. The van der Waals surface area contributed by atoms with Gasteiger partial charge in [0.2, 0.25) is 0 Å². The molecular weight excluding hydrogens is 273 g/mol. The minimum absolute atomic E-state index is 0.0686. The van der Waals surface area contributed by atoms with Crippen LogP contribution in [0.5, 0.6) is 5.75 Å². The molecule has 0 spiro atoms. The Bertz CT molecular complexity index is 588. The molecule has 1 saturated heterocycles. The van der Waals surface area contributed by atoms with Gasteiger partial charge in [-0.3, -0.25) is 4.68 Å². The normalized spacial score (nSPS) is 18.0. The molecule has 1 aliphatic heterocycles. The summed E-state index contributed by atoms with van der Waals surface area (Å²) in [4.78, 5) is 0. The van der Waals surface area contributed by atoms with E-state index in [4.69, 9.17) is 4.74 Å². The fraction of sp³-hybridized carbons (Fsp3) is 0.400. The molecular formula is C15H18FN3O2. The molecule has 1 fully saturated rings. The van der Waals surface area contributed by atoms with Crippen LogP contribution in [-0.2, 0) is 17.8 Å². The van der Waals surface area contributed by atoms with Crippen LogP contribution in [0.3, 0.4) is 0 Å². The van der Waals surface area contributed by atoms with Crippen molar-refractivity contribution in [3.63, 3.8) is 0 Å². The van der Waals surface area contributed by atoms with Gasteiger partial charge in [0.1, 0.15) is 11.6 Å². The highest BCUT2D eigenvalue weighted by atomic mass is 19.1. The second kappa shape index (κ2) is 6.13. The quantitative estimate of drug-likeness (QED) is 0.888. The lowest BCUT2D eigenvalue weighted by Crippen LogP contribution is -2.15. The Morgan fingerprint density at radius 2 is 2.33 bits per heavy atom. The zero-order valence-electron chi connectivity index (χ0n) is 11.6. The van der Waals surface area contributed by atoms with E-state index in [2.05, 4.69) is 10.4 Å². The van der Waals surface area contributed by atoms with Gasteiger partial charge in [-0.1, -0.05) is 0 Å². The third-order valence-corrected chi connectivity index (χ3v) is 3.49. The summed E-state index contributed by atoms with van der Waals surface area (Å²) >= 11 is 0. The summed E-state index contributed by atoms with van der Waals surface area (Å²) < 4.78 is 20.6. The predicted molar refractivity (Wildman–Crippen MR) is 76.6 cm³/mol. The Labute approximate surface area is 122 Å². The Hall–Kier alpha value is -2.08. The number of nitrogens with zero attached hydrogens (tertiary/aromatic N) is 2. The molecule has 2 aromatic rings. The number of halogens is 1. The number of rotatable bonds is 5. The topological polar surface area (TPSA) is 59.3 Å². The van der Waals surface area contributed by atoms with Gasteiger partial charge in [-0.25, -0.2) is 4.39 Å². The minimum atomic E-state index is -0.444. The molecule has 2 heterocycles. The van der Waals surface area contributed by atoms with Crippen LogP contribution in [0.2, 0.25) is 0 Å². The number of benzene rings is 1. The standard InChI is InChI=1S/C15H18FN3O2/c16-12-4-11(5-14(20)6-12)7-17-13-8-18-19(9-13)10-15-2-1-3-21-15/h4-6,8-9,15,17,20H,1-3,7,10H2. The first kappa shape index (κ1) is 13.9. The molecule has 2 N–H and O–H groups in total. The van der Waals surface area contributed by atoms with Crippen LogP contribution >= 0.6 is 0 Å². The fourth-order valence-electron chi connectivity index (χ4n) is 2.49. The molecule has 3 rings (SSSR count). The van der Waals surface area contributed by atoms with Gasteiger partial charge < -0.3 is 15.2 Å². The molecule has 1 unspecified atom stereocenters. The monoisotopic (exact) mass is 291 g/mol. The van der Waals surface area contributed by atoms with Gasteiger partial charge in [-0.2, -0.15) is 5.10 Å². The summed E-state index contributed by atoms with van der Waals surface area (Å²) in [5.74, 6) is -0.512. The second-order valence-electron chi connectivity index (χ2n) is 5.26. The van der Waals surface area contributed by atoms with E-state index in [1.54, 1.807) is 6.20 Å². The van der Waals surface area contributed by atoms with Gasteiger partial charge in [0.05, 0.1) is 24.5 Å². The average molecular weight is 291 g/mol. The molecule has 0 aliphatic carbocycles. The highest BCUT2D eigenvalue weighted by Gasteiger charge is 2.16. The van der Waals surface area contributed by atoms with Crippen molar-refractivity contribution >= 4 is 5.69 Å². The van der Waals surface area contributed by atoms with E-state index >= 15 is 0 Å². The summed E-state index contributed by atoms with van der Waals surface area (Å²) in [5.41, 5.74) is 1.54. The highest BCUT2D eigenvalue weighted by molar-refractivity contribution is 5.40. The maximum atomic E-state index is 13.2. The zero-order chi connectivity index (χ0) is 14.7. The first-order valence-electron chi connectivity index (χ1n) is 7.05. The molecule has 1 aromatic heterocycles. The number of ether oxygens (including phenoxy) is 1. The van der Waals surface area contributed by atoms with E-state index in [1.807, 2.05) is 10.9 Å². The average Bonchev–Trinajstić information content (AvgIpc) is 3.08. The molecule has 0 radical (unpaired) electrons. The van der Waals surface area contributed by atoms with E-state index in [0.717, 1.165) is 37.7 Å². The smallest absolute Gasteiger partial charge is 0.127 e. The van der Waals surface area contributed by atoms with Crippen LogP contribution in [0.4, 0.5) is 10.1 Å². The first-order chi connectivity index (χ1) is 10.2. The van der Waals surface area contributed by atoms with Crippen LogP contribution in [-0.4, -0.2) is 27.6 Å². The first-order valence-corrected chi connectivity index (χ1v) is 7.05. The van der Waals surface area contributed by atoms with Gasteiger partial charge in [0.25, 0.3) is 0 Å².